The van der Waals surface area contributed by atoms with E-state index in [0.717, 1.165) is 30.6 Å². The Bertz CT molecular complexity index is 620. The van der Waals surface area contributed by atoms with E-state index in [9.17, 15) is 18.3 Å². The fourth-order valence-electron chi connectivity index (χ4n) is 2.94. The second kappa shape index (κ2) is 6.36. The Kier molecular flexibility index (Phi) is 5.12. The predicted molar refractivity (Wildman–Crippen MR) is 85.0 cm³/mol. The molecular weight excluding hydrogens is 378 g/mol. The molecule has 118 valence electrons. The number of nitrogens with zero attached hydrogens (tertiary/aromatic N) is 1. The van der Waals surface area contributed by atoms with Crippen LogP contribution in [0.15, 0.2) is 20.1 Å². The Balaban J connectivity index is 2.40. The van der Waals surface area contributed by atoms with E-state index in [2.05, 4.69) is 15.9 Å². The molecule has 1 saturated carbocycles. The highest BCUT2D eigenvalue weighted by Crippen LogP contribution is 2.40. The highest BCUT2D eigenvalue weighted by atomic mass is 79.9. The molecule has 0 unspecified atom stereocenters. The number of rotatable bonds is 5. The Labute approximate surface area is 137 Å². The van der Waals surface area contributed by atoms with Gasteiger partial charge in [0.25, 0.3) is 10.0 Å². The van der Waals surface area contributed by atoms with E-state index in [4.69, 9.17) is 0 Å². The van der Waals surface area contributed by atoms with E-state index in [1.807, 2.05) is 0 Å². The number of aliphatic carboxylic acids is 1. The second-order valence-corrected chi connectivity index (χ2v) is 9.32. The maximum Gasteiger partial charge on any atom is 0.305 e. The lowest BCUT2D eigenvalue weighted by Crippen LogP contribution is -2.51. The van der Waals surface area contributed by atoms with Gasteiger partial charge in [-0.15, -0.1) is 11.3 Å². The van der Waals surface area contributed by atoms with Gasteiger partial charge in [0.15, 0.2) is 0 Å². The Morgan fingerprint density at radius 2 is 2.05 bits per heavy atom. The smallest absolute Gasteiger partial charge is 0.305 e. The standard InChI is InChI=1S/C13H18BrNO4S2/c1-15(21(18,19)12-10(14)5-8-20-12)13(9-11(16)17)6-3-2-4-7-13/h5,8H,2-4,6-7,9H2,1H3,(H,16,17). The fraction of sp³-hybridized carbons (Fsp3) is 0.615. The van der Waals surface area contributed by atoms with E-state index in [-0.39, 0.29) is 10.6 Å². The molecule has 5 nitrogen and oxygen atoms in total. The maximum absolute atomic E-state index is 12.8. The van der Waals surface area contributed by atoms with Crippen LogP contribution in [0, 0.1) is 0 Å². The van der Waals surface area contributed by atoms with Gasteiger partial charge in [0, 0.05) is 17.1 Å². The van der Waals surface area contributed by atoms with Gasteiger partial charge in [0.1, 0.15) is 4.21 Å². The zero-order chi connectivity index (χ0) is 15.7. The number of carbonyl (C=O) groups is 1. The van der Waals surface area contributed by atoms with Crippen molar-refractivity contribution in [3.63, 3.8) is 0 Å². The first-order valence-electron chi connectivity index (χ1n) is 6.73. The molecule has 1 heterocycles. The quantitative estimate of drug-likeness (QED) is 0.829. The van der Waals surface area contributed by atoms with E-state index < -0.39 is 21.5 Å². The van der Waals surface area contributed by atoms with Crippen molar-refractivity contribution >= 4 is 43.3 Å². The van der Waals surface area contributed by atoms with Crippen LogP contribution in [0.5, 0.6) is 0 Å². The number of hydrogen-bond acceptors (Lipinski definition) is 4. The molecule has 1 N–H and O–H groups in total. The second-order valence-electron chi connectivity index (χ2n) is 5.38. The number of carboxylic acids is 1. The summed E-state index contributed by atoms with van der Waals surface area (Å²) in [4.78, 5) is 11.2. The van der Waals surface area contributed by atoms with Crippen LogP contribution < -0.4 is 0 Å². The fourth-order valence-corrected chi connectivity index (χ4v) is 6.96. The van der Waals surface area contributed by atoms with E-state index >= 15 is 0 Å². The molecule has 1 fully saturated rings. The lowest BCUT2D eigenvalue weighted by molar-refractivity contribution is -0.140. The SMILES string of the molecule is CN(C1(CC(=O)O)CCCCC1)S(=O)(=O)c1sccc1Br. The molecule has 1 aliphatic carbocycles. The topological polar surface area (TPSA) is 74.7 Å². The number of hydrogen-bond donors (Lipinski definition) is 1. The third-order valence-electron chi connectivity index (χ3n) is 4.11. The van der Waals surface area contributed by atoms with Crippen LogP contribution in [0.25, 0.3) is 0 Å². The minimum absolute atomic E-state index is 0.147. The van der Waals surface area contributed by atoms with Crippen molar-refractivity contribution in [3.05, 3.63) is 15.9 Å². The van der Waals surface area contributed by atoms with Crippen molar-refractivity contribution in [1.82, 2.24) is 4.31 Å². The van der Waals surface area contributed by atoms with Crippen molar-refractivity contribution in [3.8, 4) is 0 Å². The summed E-state index contributed by atoms with van der Waals surface area (Å²) in [7, 11) is -2.18. The van der Waals surface area contributed by atoms with Crippen molar-refractivity contribution in [2.24, 2.45) is 0 Å². The van der Waals surface area contributed by atoms with Gasteiger partial charge in [0.2, 0.25) is 0 Å². The first-order valence-corrected chi connectivity index (χ1v) is 9.85. The van der Waals surface area contributed by atoms with Gasteiger partial charge in [-0.3, -0.25) is 4.79 Å². The summed E-state index contributed by atoms with van der Waals surface area (Å²) in [6, 6.07) is 1.69. The first kappa shape index (κ1) is 16.9. The summed E-state index contributed by atoms with van der Waals surface area (Å²) in [5, 5.41) is 10.9. The molecule has 2 rings (SSSR count). The molecule has 0 atom stereocenters. The summed E-state index contributed by atoms with van der Waals surface area (Å²) in [6.07, 6.45) is 3.79. The minimum atomic E-state index is -3.69. The van der Waals surface area contributed by atoms with Crippen LogP contribution in [-0.2, 0) is 14.8 Å². The van der Waals surface area contributed by atoms with Gasteiger partial charge < -0.3 is 5.11 Å². The molecule has 0 amide bonds. The number of carboxylic acid groups (broad SMARTS) is 1. The van der Waals surface area contributed by atoms with Crippen molar-refractivity contribution < 1.29 is 18.3 Å². The molecule has 1 aromatic heterocycles. The monoisotopic (exact) mass is 395 g/mol. The van der Waals surface area contributed by atoms with E-state index in [1.54, 1.807) is 11.4 Å². The lowest BCUT2D eigenvalue weighted by atomic mass is 9.79. The molecule has 0 spiro atoms. The third kappa shape index (κ3) is 3.33. The van der Waals surface area contributed by atoms with Crippen molar-refractivity contribution in [2.45, 2.75) is 48.3 Å². The van der Waals surface area contributed by atoms with Crippen LogP contribution in [-0.4, -0.2) is 36.4 Å². The average molecular weight is 396 g/mol. The van der Waals surface area contributed by atoms with E-state index in [1.165, 1.54) is 11.4 Å². The molecule has 8 heteroatoms. The van der Waals surface area contributed by atoms with Crippen LogP contribution in [0.3, 0.4) is 0 Å². The van der Waals surface area contributed by atoms with Crippen molar-refractivity contribution in [2.75, 3.05) is 7.05 Å². The first-order chi connectivity index (χ1) is 9.79. The van der Waals surface area contributed by atoms with E-state index in [0.29, 0.717) is 17.3 Å². The molecular formula is C13H18BrNO4S2. The molecule has 0 bridgehead atoms. The van der Waals surface area contributed by atoms with Crippen LogP contribution in [0.1, 0.15) is 38.5 Å². The summed E-state index contributed by atoms with van der Waals surface area (Å²) in [5.41, 5.74) is -0.813. The predicted octanol–water partition coefficient (Wildman–Crippen LogP) is 3.31. The maximum atomic E-state index is 12.8. The molecule has 0 saturated heterocycles. The number of halogens is 1. The van der Waals surface area contributed by atoms with Gasteiger partial charge in [-0.1, -0.05) is 19.3 Å². The largest absolute Gasteiger partial charge is 0.481 e. The normalized spacial score (nSPS) is 18.8. The van der Waals surface area contributed by atoms with Gasteiger partial charge in [-0.2, -0.15) is 4.31 Å². The summed E-state index contributed by atoms with van der Waals surface area (Å²) >= 11 is 4.39. The number of thiophene rings is 1. The highest BCUT2D eigenvalue weighted by molar-refractivity contribution is 9.10. The van der Waals surface area contributed by atoms with Crippen LogP contribution in [0.2, 0.25) is 0 Å². The van der Waals surface area contributed by atoms with Gasteiger partial charge >= 0.3 is 5.97 Å². The molecule has 0 aromatic carbocycles. The highest BCUT2D eigenvalue weighted by Gasteiger charge is 2.44. The Morgan fingerprint density at radius 3 is 2.52 bits per heavy atom. The molecule has 1 aromatic rings. The minimum Gasteiger partial charge on any atom is -0.481 e. The summed E-state index contributed by atoms with van der Waals surface area (Å²) < 4.78 is 27.7. The van der Waals surface area contributed by atoms with Crippen LogP contribution in [0.4, 0.5) is 0 Å². The van der Waals surface area contributed by atoms with Crippen molar-refractivity contribution in [1.29, 1.82) is 0 Å². The Hall–Kier alpha value is -0.440. The Morgan fingerprint density at radius 1 is 1.43 bits per heavy atom. The zero-order valence-corrected chi connectivity index (χ0v) is 14.9. The molecule has 1 aliphatic rings. The summed E-state index contributed by atoms with van der Waals surface area (Å²) in [6.45, 7) is 0. The summed E-state index contributed by atoms with van der Waals surface area (Å²) in [5.74, 6) is -0.954. The van der Waals surface area contributed by atoms with Gasteiger partial charge in [0.05, 0.1) is 6.42 Å². The number of sulfonamides is 1. The third-order valence-corrected chi connectivity index (χ3v) is 8.72. The molecule has 0 radical (unpaired) electrons. The average Bonchev–Trinajstić information content (AvgIpc) is 2.85. The molecule has 0 aliphatic heterocycles. The lowest BCUT2D eigenvalue weighted by Gasteiger charge is -2.42. The van der Waals surface area contributed by atoms with Gasteiger partial charge in [-0.05, 0) is 40.2 Å². The van der Waals surface area contributed by atoms with Crippen LogP contribution >= 0.6 is 27.3 Å². The van der Waals surface area contributed by atoms with Gasteiger partial charge in [-0.25, -0.2) is 8.42 Å². The zero-order valence-electron chi connectivity index (χ0n) is 11.7. The molecule has 21 heavy (non-hydrogen) atoms.